The van der Waals surface area contributed by atoms with E-state index in [1.165, 1.54) is 11.3 Å². The molecule has 0 bridgehead atoms. The van der Waals surface area contributed by atoms with E-state index in [4.69, 9.17) is 34.8 Å². The van der Waals surface area contributed by atoms with Crippen LogP contribution in [-0.4, -0.2) is 20.1 Å². The van der Waals surface area contributed by atoms with E-state index in [0.29, 0.717) is 5.13 Å². The molecule has 0 amide bonds. The quantitative estimate of drug-likeness (QED) is 0.445. The summed E-state index contributed by atoms with van der Waals surface area (Å²) in [5.41, 5.74) is 2.82. The summed E-state index contributed by atoms with van der Waals surface area (Å²) in [6.07, 6.45) is -1.36. The number of anilines is 1. The lowest BCUT2D eigenvalue weighted by Gasteiger charge is -2.19. The lowest BCUT2D eigenvalue weighted by Crippen LogP contribution is -2.33. The number of aromatic nitrogens is 1. The number of hydrogen-bond donors (Lipinski definition) is 2. The van der Waals surface area contributed by atoms with Crippen LogP contribution in [0.25, 0.3) is 21.7 Å². The molecule has 124 valence electrons. The monoisotopic (exact) mass is 398 g/mol. The first-order chi connectivity index (χ1) is 11.4. The summed E-state index contributed by atoms with van der Waals surface area (Å²) >= 11 is 18.5. The van der Waals surface area contributed by atoms with Gasteiger partial charge in [0.05, 0.1) is 10.6 Å². The third kappa shape index (κ3) is 4.02. The van der Waals surface area contributed by atoms with Crippen molar-refractivity contribution in [2.75, 3.05) is 5.32 Å². The molecule has 3 nitrogen and oxygen atoms in total. The second-order valence-corrected chi connectivity index (χ2v) is 8.39. The van der Waals surface area contributed by atoms with Gasteiger partial charge in [0.25, 0.3) is 0 Å². The molecule has 24 heavy (non-hydrogen) atoms. The van der Waals surface area contributed by atoms with Crippen molar-refractivity contribution >= 4 is 51.3 Å². The van der Waals surface area contributed by atoms with E-state index in [1.807, 2.05) is 60.7 Å². The fraction of sp³-hybridized carbons (Fsp3) is 0.118. The topological polar surface area (TPSA) is 45.1 Å². The minimum Gasteiger partial charge on any atom is -0.369 e. The number of thiazole rings is 1. The summed E-state index contributed by atoms with van der Waals surface area (Å²) in [6.45, 7) is 0. The highest BCUT2D eigenvalue weighted by molar-refractivity contribution is 7.19. The van der Waals surface area contributed by atoms with Gasteiger partial charge >= 0.3 is 0 Å². The number of aliphatic hydroxyl groups is 1. The molecule has 1 heterocycles. The average molecular weight is 400 g/mol. The number of halogens is 3. The Labute approximate surface area is 158 Å². The number of hydrogen-bond acceptors (Lipinski definition) is 4. The Morgan fingerprint density at radius 2 is 1.46 bits per heavy atom. The molecule has 0 radical (unpaired) electrons. The van der Waals surface area contributed by atoms with Crippen molar-refractivity contribution in [3.63, 3.8) is 0 Å². The molecule has 0 saturated carbocycles. The number of alkyl halides is 3. The van der Waals surface area contributed by atoms with Crippen LogP contribution < -0.4 is 5.32 Å². The standard InChI is InChI=1S/C17H13Cl3N2OS/c18-17(19,20)15(23)22-16-21-13(11-7-3-1-4-8-11)14(24-16)12-9-5-2-6-10-12/h1-10,15,23H,(H,21,22)/t15-/m0/s1. The molecule has 0 aliphatic heterocycles. The van der Waals surface area contributed by atoms with Crippen molar-refractivity contribution in [1.82, 2.24) is 4.98 Å². The van der Waals surface area contributed by atoms with Crippen molar-refractivity contribution in [3.05, 3.63) is 60.7 Å². The third-order valence-electron chi connectivity index (χ3n) is 3.28. The highest BCUT2D eigenvalue weighted by Crippen LogP contribution is 2.40. The fourth-order valence-corrected chi connectivity index (χ4v) is 3.34. The van der Waals surface area contributed by atoms with Crippen LogP contribution >= 0.6 is 46.1 Å². The molecule has 3 aromatic rings. The minimum absolute atomic E-state index is 0.478. The van der Waals surface area contributed by atoms with Crippen LogP contribution in [0, 0.1) is 0 Å². The third-order valence-corrected chi connectivity index (χ3v) is 4.94. The van der Waals surface area contributed by atoms with E-state index in [-0.39, 0.29) is 0 Å². The number of aliphatic hydroxyl groups excluding tert-OH is 1. The molecule has 1 atom stereocenters. The molecule has 0 spiro atoms. The van der Waals surface area contributed by atoms with Gasteiger partial charge in [-0.1, -0.05) is 107 Å². The number of nitrogens with zero attached hydrogens (tertiary/aromatic N) is 1. The fourth-order valence-electron chi connectivity index (χ4n) is 2.16. The highest BCUT2D eigenvalue weighted by Gasteiger charge is 2.31. The molecule has 3 rings (SSSR count). The Morgan fingerprint density at radius 3 is 2.00 bits per heavy atom. The van der Waals surface area contributed by atoms with Crippen molar-refractivity contribution in [1.29, 1.82) is 0 Å². The lowest BCUT2D eigenvalue weighted by atomic mass is 10.1. The van der Waals surface area contributed by atoms with Crippen molar-refractivity contribution < 1.29 is 5.11 Å². The van der Waals surface area contributed by atoms with Gasteiger partial charge in [-0.3, -0.25) is 0 Å². The molecule has 0 aliphatic rings. The second kappa shape index (κ2) is 7.30. The van der Waals surface area contributed by atoms with E-state index in [1.54, 1.807) is 0 Å². The Kier molecular flexibility index (Phi) is 5.33. The van der Waals surface area contributed by atoms with Crippen LogP contribution in [0.5, 0.6) is 0 Å². The SMILES string of the molecule is O[C@H](Nc1nc(-c2ccccc2)c(-c2ccccc2)s1)C(Cl)(Cl)Cl. The first-order valence-corrected chi connectivity index (χ1v) is 9.03. The molecule has 1 aromatic heterocycles. The van der Waals surface area contributed by atoms with Gasteiger partial charge in [-0.25, -0.2) is 4.98 Å². The molecule has 2 N–H and O–H groups in total. The van der Waals surface area contributed by atoms with Gasteiger partial charge in [-0.2, -0.15) is 0 Å². The van der Waals surface area contributed by atoms with Gasteiger partial charge in [0.15, 0.2) is 11.4 Å². The maximum Gasteiger partial charge on any atom is 0.234 e. The Hall–Kier alpha value is -1.30. The van der Waals surface area contributed by atoms with Crippen LogP contribution in [0.15, 0.2) is 60.7 Å². The zero-order valence-electron chi connectivity index (χ0n) is 12.3. The van der Waals surface area contributed by atoms with Gasteiger partial charge in [0, 0.05) is 5.56 Å². The zero-order valence-corrected chi connectivity index (χ0v) is 15.4. The van der Waals surface area contributed by atoms with E-state index in [0.717, 1.165) is 21.7 Å². The minimum atomic E-state index is -1.84. The van der Waals surface area contributed by atoms with E-state index in [9.17, 15) is 5.11 Å². The molecular weight excluding hydrogens is 387 g/mol. The predicted octanol–water partition coefficient (Wildman–Crippen LogP) is 5.58. The van der Waals surface area contributed by atoms with Crippen molar-refractivity contribution in [2.24, 2.45) is 0 Å². The van der Waals surface area contributed by atoms with E-state index < -0.39 is 10.0 Å². The van der Waals surface area contributed by atoms with Gasteiger partial charge in [0.2, 0.25) is 3.79 Å². The Bertz CT molecular complexity index is 747. The summed E-state index contributed by atoms with van der Waals surface area (Å²) in [7, 11) is 0. The van der Waals surface area contributed by atoms with Gasteiger partial charge in [0.1, 0.15) is 0 Å². The summed E-state index contributed by atoms with van der Waals surface area (Å²) in [5.74, 6) is 0. The number of nitrogens with one attached hydrogen (secondary N) is 1. The van der Waals surface area contributed by atoms with Crippen LogP contribution in [-0.2, 0) is 0 Å². The molecule has 0 unspecified atom stereocenters. The summed E-state index contributed by atoms with van der Waals surface area (Å²) in [6, 6.07) is 19.7. The van der Waals surface area contributed by atoms with Crippen molar-refractivity contribution in [3.8, 4) is 21.7 Å². The Balaban J connectivity index is 2.03. The Morgan fingerprint density at radius 1 is 0.917 bits per heavy atom. The second-order valence-electron chi connectivity index (χ2n) is 5.02. The van der Waals surface area contributed by atoms with Crippen molar-refractivity contribution in [2.45, 2.75) is 10.0 Å². The zero-order chi connectivity index (χ0) is 17.2. The molecule has 7 heteroatoms. The summed E-state index contributed by atoms with van der Waals surface area (Å²) in [4.78, 5) is 5.55. The van der Waals surface area contributed by atoms with Crippen LogP contribution in [0.3, 0.4) is 0 Å². The maximum atomic E-state index is 9.94. The smallest absolute Gasteiger partial charge is 0.234 e. The highest BCUT2D eigenvalue weighted by atomic mass is 35.6. The molecule has 0 aliphatic carbocycles. The first-order valence-electron chi connectivity index (χ1n) is 7.08. The predicted molar refractivity (Wildman–Crippen MR) is 103 cm³/mol. The van der Waals surface area contributed by atoms with E-state index in [2.05, 4.69) is 10.3 Å². The van der Waals surface area contributed by atoms with Gasteiger partial charge in [-0.05, 0) is 5.56 Å². The largest absolute Gasteiger partial charge is 0.369 e. The van der Waals surface area contributed by atoms with E-state index >= 15 is 0 Å². The summed E-state index contributed by atoms with van der Waals surface area (Å²) in [5, 5.41) is 13.2. The van der Waals surface area contributed by atoms with Gasteiger partial charge < -0.3 is 10.4 Å². The van der Waals surface area contributed by atoms with Gasteiger partial charge in [-0.15, -0.1) is 0 Å². The van der Waals surface area contributed by atoms with Crippen LogP contribution in [0.1, 0.15) is 0 Å². The number of benzene rings is 2. The van der Waals surface area contributed by atoms with Crippen LogP contribution in [0.4, 0.5) is 5.13 Å². The maximum absolute atomic E-state index is 9.94. The molecule has 0 saturated heterocycles. The molecular formula is C17H13Cl3N2OS. The average Bonchev–Trinajstić information content (AvgIpc) is 2.99. The normalized spacial score (nSPS) is 12.8. The first kappa shape index (κ1) is 17.5. The van der Waals surface area contributed by atoms with Crippen LogP contribution in [0.2, 0.25) is 0 Å². The number of rotatable bonds is 4. The summed E-state index contributed by atoms with van der Waals surface area (Å²) < 4.78 is -1.84. The molecule has 0 fully saturated rings. The lowest BCUT2D eigenvalue weighted by molar-refractivity contribution is 0.208. The molecule has 2 aromatic carbocycles.